The fraction of sp³-hybridized carbons (Fsp3) is 0.364. The molecule has 0 aromatic heterocycles. The maximum absolute atomic E-state index is 12.9. The van der Waals surface area contributed by atoms with Crippen molar-refractivity contribution in [1.29, 1.82) is 0 Å². The Kier molecular flexibility index (Phi) is 5.41. The summed E-state index contributed by atoms with van der Waals surface area (Å²) in [5.74, 6) is -0.0105. The van der Waals surface area contributed by atoms with Crippen LogP contribution < -0.4 is 10.2 Å². The van der Waals surface area contributed by atoms with Gasteiger partial charge in [-0.3, -0.25) is 14.5 Å². The van der Waals surface area contributed by atoms with Crippen LogP contribution >= 0.6 is 0 Å². The summed E-state index contributed by atoms with van der Waals surface area (Å²) in [5, 5.41) is 2.94. The molecule has 4 rings (SSSR count). The van der Waals surface area contributed by atoms with Crippen LogP contribution in [0.25, 0.3) is 0 Å². The third-order valence-corrected chi connectivity index (χ3v) is 5.53. The lowest BCUT2D eigenvalue weighted by molar-refractivity contribution is -0.120. The average Bonchev–Trinajstić information content (AvgIpc) is 3.14. The predicted molar refractivity (Wildman–Crippen MR) is 111 cm³/mol. The van der Waals surface area contributed by atoms with Crippen molar-refractivity contribution in [3.8, 4) is 0 Å². The first-order chi connectivity index (χ1) is 13.6. The van der Waals surface area contributed by atoms with Crippen molar-refractivity contribution < 1.29 is 9.59 Å². The molecule has 146 valence electrons. The molecule has 0 unspecified atom stereocenters. The van der Waals surface area contributed by atoms with Gasteiger partial charge in [-0.1, -0.05) is 24.3 Å². The molecule has 0 radical (unpaired) electrons. The number of likely N-dealkylation sites (N-methyl/N-ethyl adjacent to an activating group) is 1. The van der Waals surface area contributed by atoms with Crippen LogP contribution in [0.4, 0.5) is 11.4 Å². The van der Waals surface area contributed by atoms with E-state index in [1.807, 2.05) is 41.3 Å². The van der Waals surface area contributed by atoms with Crippen molar-refractivity contribution >= 4 is 23.2 Å². The van der Waals surface area contributed by atoms with E-state index in [1.54, 1.807) is 12.1 Å². The van der Waals surface area contributed by atoms with Crippen LogP contribution in [-0.4, -0.2) is 67.9 Å². The van der Waals surface area contributed by atoms with Crippen LogP contribution in [0.5, 0.6) is 0 Å². The number of hydrogen-bond acceptors (Lipinski definition) is 4. The fourth-order valence-electron chi connectivity index (χ4n) is 3.79. The van der Waals surface area contributed by atoms with Crippen LogP contribution in [0.1, 0.15) is 15.9 Å². The highest BCUT2D eigenvalue weighted by Crippen LogP contribution is 2.31. The summed E-state index contributed by atoms with van der Waals surface area (Å²) in [7, 11) is 2.11. The lowest BCUT2D eigenvalue weighted by atomic mass is 10.1. The number of nitrogens with one attached hydrogen (secondary N) is 1. The van der Waals surface area contributed by atoms with E-state index in [2.05, 4.69) is 22.2 Å². The Balaban J connectivity index is 1.44. The molecule has 2 aromatic carbocycles. The highest BCUT2D eigenvalue weighted by Gasteiger charge is 2.27. The zero-order valence-corrected chi connectivity index (χ0v) is 16.2. The third kappa shape index (κ3) is 4.08. The number of hydrogen-bond donors (Lipinski definition) is 1. The Morgan fingerprint density at radius 2 is 1.71 bits per heavy atom. The topological polar surface area (TPSA) is 55.9 Å². The quantitative estimate of drug-likeness (QED) is 0.885. The van der Waals surface area contributed by atoms with Gasteiger partial charge in [0.1, 0.15) is 0 Å². The van der Waals surface area contributed by atoms with E-state index in [1.165, 1.54) is 0 Å². The predicted octanol–water partition coefficient (Wildman–Crippen LogP) is 2.08. The molecule has 6 heteroatoms. The molecular formula is C22H26N4O2. The van der Waals surface area contributed by atoms with Gasteiger partial charge in [0.25, 0.3) is 5.91 Å². The highest BCUT2D eigenvalue weighted by molar-refractivity contribution is 6.05. The van der Waals surface area contributed by atoms with Crippen LogP contribution in [0.3, 0.4) is 0 Å². The van der Waals surface area contributed by atoms with Gasteiger partial charge in [-0.05, 0) is 43.3 Å². The number of benzene rings is 2. The summed E-state index contributed by atoms with van der Waals surface area (Å²) in [6, 6.07) is 15.0. The standard InChI is InChI=1S/C22H26N4O2/c1-24-11-13-25(14-12-24)16-21(27)26-10-9-17-7-8-19(15-20(17)26)23-22(28)18-5-3-2-4-6-18/h2-8,15H,9-14,16H2,1H3,(H,23,28). The Bertz CT molecular complexity index is 860. The minimum Gasteiger partial charge on any atom is -0.322 e. The molecule has 0 aliphatic carbocycles. The molecule has 2 aliphatic rings. The van der Waals surface area contributed by atoms with Gasteiger partial charge in [-0.15, -0.1) is 0 Å². The second kappa shape index (κ2) is 8.12. The Hall–Kier alpha value is -2.70. The first-order valence-electron chi connectivity index (χ1n) is 9.81. The molecule has 0 bridgehead atoms. The van der Waals surface area contributed by atoms with E-state index in [-0.39, 0.29) is 11.8 Å². The van der Waals surface area contributed by atoms with E-state index in [4.69, 9.17) is 0 Å². The third-order valence-electron chi connectivity index (χ3n) is 5.53. The summed E-state index contributed by atoms with van der Waals surface area (Å²) >= 11 is 0. The molecule has 1 N–H and O–H groups in total. The normalized spacial score (nSPS) is 17.4. The maximum atomic E-state index is 12.9. The van der Waals surface area contributed by atoms with Crippen LogP contribution in [0.15, 0.2) is 48.5 Å². The summed E-state index contributed by atoms with van der Waals surface area (Å²) in [5.41, 5.74) is 3.41. The molecule has 0 spiro atoms. The van der Waals surface area contributed by atoms with E-state index in [0.717, 1.165) is 43.9 Å². The van der Waals surface area contributed by atoms with Gasteiger partial charge in [-0.2, -0.15) is 0 Å². The van der Waals surface area contributed by atoms with Crippen molar-refractivity contribution in [3.05, 3.63) is 59.7 Å². The number of nitrogens with zero attached hydrogens (tertiary/aromatic N) is 3. The lowest BCUT2D eigenvalue weighted by Gasteiger charge is -2.32. The number of rotatable bonds is 4. The molecule has 2 amide bonds. The molecule has 6 nitrogen and oxygen atoms in total. The Labute approximate surface area is 165 Å². The van der Waals surface area contributed by atoms with Gasteiger partial charge in [-0.25, -0.2) is 0 Å². The molecule has 0 saturated carbocycles. The van der Waals surface area contributed by atoms with E-state index in [0.29, 0.717) is 24.3 Å². The SMILES string of the molecule is CN1CCN(CC(=O)N2CCc3ccc(NC(=O)c4ccccc4)cc32)CC1. The average molecular weight is 378 g/mol. The van der Waals surface area contributed by atoms with Crippen molar-refractivity contribution in [3.63, 3.8) is 0 Å². The van der Waals surface area contributed by atoms with Crippen molar-refractivity contribution in [1.82, 2.24) is 9.80 Å². The second-order valence-electron chi connectivity index (χ2n) is 7.54. The maximum Gasteiger partial charge on any atom is 0.255 e. The fourth-order valence-corrected chi connectivity index (χ4v) is 3.79. The van der Waals surface area contributed by atoms with Gasteiger partial charge in [0, 0.05) is 49.7 Å². The summed E-state index contributed by atoms with van der Waals surface area (Å²) < 4.78 is 0. The van der Waals surface area contributed by atoms with E-state index in [9.17, 15) is 9.59 Å². The molecule has 1 fully saturated rings. The molecule has 2 aliphatic heterocycles. The first kappa shape index (κ1) is 18.7. The minimum atomic E-state index is -0.145. The number of carbonyl (C=O) groups is 2. The Morgan fingerprint density at radius 1 is 0.964 bits per heavy atom. The van der Waals surface area contributed by atoms with Gasteiger partial charge in [0.05, 0.1) is 6.54 Å². The zero-order chi connectivity index (χ0) is 19.5. The molecule has 2 heterocycles. The summed E-state index contributed by atoms with van der Waals surface area (Å²) in [6.07, 6.45) is 0.858. The second-order valence-corrected chi connectivity index (χ2v) is 7.54. The lowest BCUT2D eigenvalue weighted by Crippen LogP contribution is -2.48. The Morgan fingerprint density at radius 3 is 2.46 bits per heavy atom. The zero-order valence-electron chi connectivity index (χ0n) is 16.2. The van der Waals surface area contributed by atoms with Crippen molar-refractivity contribution in [2.75, 3.05) is 56.5 Å². The van der Waals surface area contributed by atoms with Crippen molar-refractivity contribution in [2.45, 2.75) is 6.42 Å². The number of carbonyl (C=O) groups excluding carboxylic acids is 2. The van der Waals surface area contributed by atoms with Crippen molar-refractivity contribution in [2.24, 2.45) is 0 Å². The van der Waals surface area contributed by atoms with Crippen LogP contribution in [0, 0.1) is 0 Å². The molecule has 1 saturated heterocycles. The van der Waals surface area contributed by atoms with Crippen LogP contribution in [-0.2, 0) is 11.2 Å². The number of amides is 2. The highest BCUT2D eigenvalue weighted by atomic mass is 16.2. The van der Waals surface area contributed by atoms with Gasteiger partial charge in [0.2, 0.25) is 5.91 Å². The minimum absolute atomic E-state index is 0.134. The number of fused-ring (bicyclic) bond motifs is 1. The largest absolute Gasteiger partial charge is 0.322 e. The smallest absolute Gasteiger partial charge is 0.255 e. The molecule has 2 aromatic rings. The summed E-state index contributed by atoms with van der Waals surface area (Å²) in [6.45, 7) is 5.01. The first-order valence-corrected chi connectivity index (χ1v) is 9.81. The summed E-state index contributed by atoms with van der Waals surface area (Å²) in [4.78, 5) is 31.7. The number of anilines is 2. The number of piperazine rings is 1. The van der Waals surface area contributed by atoms with Gasteiger partial charge in [0.15, 0.2) is 0 Å². The molecular weight excluding hydrogens is 352 g/mol. The monoisotopic (exact) mass is 378 g/mol. The van der Waals surface area contributed by atoms with E-state index < -0.39 is 0 Å². The van der Waals surface area contributed by atoms with Gasteiger partial charge >= 0.3 is 0 Å². The van der Waals surface area contributed by atoms with Gasteiger partial charge < -0.3 is 15.1 Å². The molecule has 0 atom stereocenters. The molecule has 28 heavy (non-hydrogen) atoms. The van der Waals surface area contributed by atoms with Crippen LogP contribution in [0.2, 0.25) is 0 Å². The van der Waals surface area contributed by atoms with E-state index >= 15 is 0 Å².